The van der Waals surface area contributed by atoms with Crippen molar-refractivity contribution in [2.24, 2.45) is 11.7 Å². The van der Waals surface area contributed by atoms with Crippen molar-refractivity contribution >= 4 is 33.2 Å². The Balaban J connectivity index is 1.51. The Morgan fingerprint density at radius 3 is 2.57 bits per heavy atom. The maximum Gasteiger partial charge on any atom is 0.225 e. The lowest BCUT2D eigenvalue weighted by molar-refractivity contribution is -0.122. The summed E-state index contributed by atoms with van der Waals surface area (Å²) in [7, 11) is -3.20. The molecule has 3 N–H and O–H groups in total. The van der Waals surface area contributed by atoms with Crippen molar-refractivity contribution in [3.63, 3.8) is 0 Å². The lowest BCUT2D eigenvalue weighted by Crippen LogP contribution is -2.41. The van der Waals surface area contributed by atoms with Crippen LogP contribution in [0.5, 0.6) is 0 Å². The van der Waals surface area contributed by atoms with Crippen molar-refractivity contribution in [1.82, 2.24) is 4.98 Å². The molecule has 1 atom stereocenters. The first-order valence-corrected chi connectivity index (χ1v) is 11.6. The van der Waals surface area contributed by atoms with Gasteiger partial charge in [0.05, 0.1) is 28.8 Å². The van der Waals surface area contributed by atoms with Crippen molar-refractivity contribution in [3.05, 3.63) is 18.3 Å². The Kier molecular flexibility index (Phi) is 6.53. The summed E-state index contributed by atoms with van der Waals surface area (Å²) in [5.41, 5.74) is 5.93. The van der Waals surface area contributed by atoms with E-state index in [0.29, 0.717) is 25.1 Å². The molecule has 1 saturated carbocycles. The number of amides is 2. The number of nitrogens with zero attached hydrogens (tertiary/aromatic N) is 2. The van der Waals surface area contributed by atoms with Gasteiger partial charge in [-0.3, -0.25) is 9.59 Å². The molecule has 0 aromatic carbocycles. The summed E-state index contributed by atoms with van der Waals surface area (Å²) in [4.78, 5) is 29.9. The monoisotopic (exact) mass is 408 g/mol. The molecule has 3 rings (SSSR count). The molecule has 1 aromatic heterocycles. The van der Waals surface area contributed by atoms with E-state index in [1.165, 1.54) is 0 Å². The quantitative estimate of drug-likeness (QED) is 0.704. The number of hydrogen-bond acceptors (Lipinski definition) is 6. The third kappa shape index (κ3) is 5.21. The van der Waals surface area contributed by atoms with E-state index in [1.54, 1.807) is 18.3 Å². The van der Waals surface area contributed by atoms with Crippen LogP contribution in [0, 0.1) is 5.92 Å². The van der Waals surface area contributed by atoms with Crippen LogP contribution in [-0.4, -0.2) is 49.3 Å². The maximum atomic E-state index is 12.3. The summed E-state index contributed by atoms with van der Waals surface area (Å²) in [6.45, 7) is 1.36. The van der Waals surface area contributed by atoms with Gasteiger partial charge in [0.1, 0.15) is 5.82 Å². The van der Waals surface area contributed by atoms with E-state index in [-0.39, 0.29) is 35.2 Å². The van der Waals surface area contributed by atoms with E-state index >= 15 is 0 Å². The molecule has 2 fully saturated rings. The molecular formula is C19H28N4O4S. The Hall–Kier alpha value is -2.16. The normalized spacial score (nSPS) is 20.9. The molecule has 0 spiro atoms. The van der Waals surface area contributed by atoms with Gasteiger partial charge < -0.3 is 16.0 Å². The number of sulfone groups is 1. The van der Waals surface area contributed by atoms with Gasteiger partial charge in [0.25, 0.3) is 0 Å². The molecule has 1 unspecified atom stereocenters. The van der Waals surface area contributed by atoms with Crippen LogP contribution in [0.4, 0.5) is 11.5 Å². The standard InChI is InChI=1S/C19H28N4O4S/c20-19(25)14-4-3-10-23(13-14)17-8-7-15(12-21-17)22-18(24)9-11-28(26,27)16-5-1-2-6-16/h7-8,12,14,16H,1-6,9-11,13H2,(H2,20,25)(H,22,24). The van der Waals surface area contributed by atoms with Crippen LogP contribution >= 0.6 is 0 Å². The molecule has 8 nitrogen and oxygen atoms in total. The largest absolute Gasteiger partial charge is 0.369 e. The molecular weight excluding hydrogens is 380 g/mol. The number of anilines is 2. The molecule has 28 heavy (non-hydrogen) atoms. The van der Waals surface area contributed by atoms with Crippen molar-refractivity contribution in [1.29, 1.82) is 0 Å². The van der Waals surface area contributed by atoms with Crippen LogP contribution < -0.4 is 16.0 Å². The Labute approximate surface area is 165 Å². The SMILES string of the molecule is NC(=O)C1CCCN(c2ccc(NC(=O)CCS(=O)(=O)C3CCCC3)cn2)C1. The fraction of sp³-hybridized carbons (Fsp3) is 0.632. The molecule has 1 aliphatic carbocycles. The van der Waals surface area contributed by atoms with Crippen molar-refractivity contribution in [3.8, 4) is 0 Å². The second kappa shape index (κ2) is 8.89. The number of piperidine rings is 1. The van der Waals surface area contributed by atoms with Gasteiger partial charge in [-0.2, -0.15) is 0 Å². The minimum atomic E-state index is -3.20. The molecule has 1 aliphatic heterocycles. The Bertz CT molecular complexity index is 804. The predicted molar refractivity (Wildman–Crippen MR) is 108 cm³/mol. The van der Waals surface area contributed by atoms with Crippen LogP contribution in [0.15, 0.2) is 18.3 Å². The average molecular weight is 409 g/mol. The van der Waals surface area contributed by atoms with Crippen LogP contribution in [0.25, 0.3) is 0 Å². The first-order valence-electron chi connectivity index (χ1n) is 9.87. The lowest BCUT2D eigenvalue weighted by Gasteiger charge is -2.32. The number of pyridine rings is 1. The summed E-state index contributed by atoms with van der Waals surface area (Å²) < 4.78 is 24.5. The maximum absolute atomic E-state index is 12.3. The lowest BCUT2D eigenvalue weighted by atomic mass is 9.97. The smallest absolute Gasteiger partial charge is 0.225 e. The topological polar surface area (TPSA) is 122 Å². The molecule has 2 heterocycles. The molecule has 0 radical (unpaired) electrons. The molecule has 9 heteroatoms. The first-order chi connectivity index (χ1) is 13.3. The Morgan fingerprint density at radius 1 is 1.18 bits per heavy atom. The molecule has 1 saturated heterocycles. The highest BCUT2D eigenvalue weighted by atomic mass is 32.2. The van der Waals surface area contributed by atoms with Crippen LogP contribution in [0.3, 0.4) is 0 Å². The minimum absolute atomic E-state index is 0.0486. The third-order valence-electron chi connectivity index (χ3n) is 5.60. The summed E-state index contributed by atoms with van der Waals surface area (Å²) in [5.74, 6) is -0.175. The van der Waals surface area contributed by atoms with Gasteiger partial charge in [0, 0.05) is 19.5 Å². The van der Waals surface area contributed by atoms with Gasteiger partial charge >= 0.3 is 0 Å². The number of nitrogens with two attached hydrogens (primary N) is 1. The summed E-state index contributed by atoms with van der Waals surface area (Å²) in [6, 6.07) is 3.52. The number of rotatable bonds is 7. The number of carbonyl (C=O) groups excluding carboxylic acids is 2. The fourth-order valence-corrected chi connectivity index (χ4v) is 5.79. The molecule has 1 aromatic rings. The Morgan fingerprint density at radius 2 is 1.93 bits per heavy atom. The van der Waals surface area contributed by atoms with Crippen molar-refractivity contribution < 1.29 is 18.0 Å². The molecule has 2 aliphatic rings. The third-order valence-corrected chi connectivity index (χ3v) is 7.86. The molecule has 2 amide bonds. The van der Waals surface area contributed by atoms with Gasteiger partial charge in [0.15, 0.2) is 9.84 Å². The number of aromatic nitrogens is 1. The van der Waals surface area contributed by atoms with Gasteiger partial charge in [0.2, 0.25) is 11.8 Å². The van der Waals surface area contributed by atoms with Crippen LogP contribution in [0.1, 0.15) is 44.9 Å². The van der Waals surface area contributed by atoms with Gasteiger partial charge in [-0.1, -0.05) is 12.8 Å². The van der Waals surface area contributed by atoms with Crippen molar-refractivity contribution in [2.45, 2.75) is 50.2 Å². The zero-order chi connectivity index (χ0) is 20.1. The average Bonchev–Trinajstić information content (AvgIpc) is 3.23. The van der Waals surface area contributed by atoms with E-state index in [1.807, 2.05) is 4.90 Å². The second-order valence-corrected chi connectivity index (χ2v) is 10.1. The number of hydrogen-bond donors (Lipinski definition) is 2. The fourth-order valence-electron chi connectivity index (χ4n) is 3.94. The van der Waals surface area contributed by atoms with Gasteiger partial charge in [-0.15, -0.1) is 0 Å². The number of nitrogens with one attached hydrogen (secondary N) is 1. The number of primary amides is 1. The van der Waals surface area contributed by atoms with E-state index in [0.717, 1.165) is 38.0 Å². The molecule has 154 valence electrons. The van der Waals surface area contributed by atoms with E-state index in [9.17, 15) is 18.0 Å². The zero-order valence-electron chi connectivity index (χ0n) is 16.0. The van der Waals surface area contributed by atoms with E-state index < -0.39 is 9.84 Å². The van der Waals surface area contributed by atoms with E-state index in [2.05, 4.69) is 10.3 Å². The highest BCUT2D eigenvalue weighted by Crippen LogP contribution is 2.26. The first kappa shape index (κ1) is 20.6. The molecule has 0 bridgehead atoms. The van der Waals surface area contributed by atoms with Gasteiger partial charge in [-0.05, 0) is 37.8 Å². The summed E-state index contributed by atoms with van der Waals surface area (Å²) >= 11 is 0. The highest BCUT2D eigenvalue weighted by molar-refractivity contribution is 7.92. The second-order valence-electron chi connectivity index (χ2n) is 7.66. The van der Waals surface area contributed by atoms with E-state index in [4.69, 9.17) is 5.73 Å². The minimum Gasteiger partial charge on any atom is -0.369 e. The zero-order valence-corrected chi connectivity index (χ0v) is 16.8. The number of carbonyl (C=O) groups is 2. The van der Waals surface area contributed by atoms with Gasteiger partial charge in [-0.25, -0.2) is 13.4 Å². The van der Waals surface area contributed by atoms with Crippen LogP contribution in [0.2, 0.25) is 0 Å². The summed E-state index contributed by atoms with van der Waals surface area (Å²) in [5, 5.41) is 2.42. The summed E-state index contributed by atoms with van der Waals surface area (Å²) in [6.07, 6.45) is 6.49. The van der Waals surface area contributed by atoms with Crippen molar-refractivity contribution in [2.75, 3.05) is 29.1 Å². The van der Waals surface area contributed by atoms with Crippen LogP contribution in [-0.2, 0) is 19.4 Å². The highest BCUT2D eigenvalue weighted by Gasteiger charge is 2.29. The predicted octanol–water partition coefficient (Wildman–Crippen LogP) is 1.47.